The Bertz CT molecular complexity index is 422. The normalized spacial score (nSPS) is 20.9. The molecule has 1 unspecified atom stereocenters. The van der Waals surface area contributed by atoms with Crippen LogP contribution in [0.5, 0.6) is 0 Å². The number of hydrogen-bond donors (Lipinski definition) is 0. The first kappa shape index (κ1) is 13.2. The zero-order valence-electron chi connectivity index (χ0n) is 11.4. The summed E-state index contributed by atoms with van der Waals surface area (Å²) in [6.07, 6.45) is 0.222. The van der Waals surface area contributed by atoms with Gasteiger partial charge in [0.2, 0.25) is 0 Å². The number of benzene rings is 1. The molecule has 1 saturated heterocycles. The lowest BCUT2D eigenvalue weighted by Gasteiger charge is -2.29. The second-order valence-corrected chi connectivity index (χ2v) is 5.14. The maximum Gasteiger partial charge on any atom is 0.167 e. The summed E-state index contributed by atoms with van der Waals surface area (Å²) in [6, 6.07) is 6.15. The maximum absolute atomic E-state index is 12.3. The van der Waals surface area contributed by atoms with Crippen molar-refractivity contribution >= 4 is 5.78 Å². The number of aryl methyl sites for hydroxylation is 2. The highest BCUT2D eigenvalue weighted by Crippen LogP contribution is 2.16. The predicted molar refractivity (Wildman–Crippen MR) is 71.9 cm³/mol. The average Bonchev–Trinajstić information content (AvgIpc) is 2.34. The molecule has 0 N–H and O–H groups in total. The fourth-order valence-corrected chi connectivity index (χ4v) is 2.39. The molecule has 1 aliphatic rings. The molecule has 1 aromatic rings. The van der Waals surface area contributed by atoms with Gasteiger partial charge in [0, 0.05) is 19.5 Å². The largest absolute Gasteiger partial charge is 0.368 e. The van der Waals surface area contributed by atoms with Crippen molar-refractivity contribution in [3.05, 3.63) is 34.9 Å². The number of morpholine rings is 1. The average molecular weight is 247 g/mol. The molecule has 3 heteroatoms. The van der Waals surface area contributed by atoms with E-state index in [-0.39, 0.29) is 11.9 Å². The van der Waals surface area contributed by atoms with Crippen LogP contribution in [0.4, 0.5) is 0 Å². The second kappa shape index (κ2) is 5.63. The zero-order valence-corrected chi connectivity index (χ0v) is 11.4. The van der Waals surface area contributed by atoms with Gasteiger partial charge in [0.15, 0.2) is 5.78 Å². The van der Waals surface area contributed by atoms with Crippen LogP contribution in [0.1, 0.15) is 16.7 Å². The lowest BCUT2D eigenvalue weighted by molar-refractivity contribution is -0.134. The van der Waals surface area contributed by atoms with Crippen molar-refractivity contribution in [3.8, 4) is 0 Å². The minimum absolute atomic E-state index is 0.193. The van der Waals surface area contributed by atoms with Crippen molar-refractivity contribution < 1.29 is 9.53 Å². The van der Waals surface area contributed by atoms with Crippen molar-refractivity contribution in [1.82, 2.24) is 4.90 Å². The molecule has 2 rings (SSSR count). The molecular weight excluding hydrogens is 226 g/mol. The number of ether oxygens (including phenoxy) is 1. The van der Waals surface area contributed by atoms with E-state index < -0.39 is 0 Å². The van der Waals surface area contributed by atoms with Gasteiger partial charge in [-0.05, 0) is 37.6 Å². The van der Waals surface area contributed by atoms with E-state index in [0.29, 0.717) is 19.6 Å². The number of nitrogens with zero attached hydrogens (tertiary/aromatic N) is 1. The smallest absolute Gasteiger partial charge is 0.167 e. The predicted octanol–water partition coefficient (Wildman–Crippen LogP) is 1.75. The molecule has 1 heterocycles. The van der Waals surface area contributed by atoms with Crippen molar-refractivity contribution in [2.24, 2.45) is 0 Å². The fraction of sp³-hybridized carbons (Fsp3) is 0.533. The molecule has 0 spiro atoms. The van der Waals surface area contributed by atoms with Gasteiger partial charge in [-0.15, -0.1) is 0 Å². The summed E-state index contributed by atoms with van der Waals surface area (Å²) in [6.45, 7) is 6.39. The molecule has 0 aliphatic carbocycles. The summed E-state index contributed by atoms with van der Waals surface area (Å²) in [5.41, 5.74) is 3.53. The number of likely N-dealkylation sites (N-methyl/N-ethyl adjacent to an activating group) is 1. The summed E-state index contributed by atoms with van der Waals surface area (Å²) >= 11 is 0. The van der Waals surface area contributed by atoms with Crippen molar-refractivity contribution in [2.75, 3.05) is 26.7 Å². The van der Waals surface area contributed by atoms with Gasteiger partial charge in [0.1, 0.15) is 6.10 Å². The summed E-state index contributed by atoms with van der Waals surface area (Å²) in [4.78, 5) is 14.4. The van der Waals surface area contributed by atoms with Crippen molar-refractivity contribution in [1.29, 1.82) is 0 Å². The Morgan fingerprint density at radius 1 is 1.39 bits per heavy atom. The molecule has 1 aromatic carbocycles. The van der Waals surface area contributed by atoms with E-state index in [1.807, 2.05) is 13.1 Å². The van der Waals surface area contributed by atoms with Crippen LogP contribution in [0.2, 0.25) is 0 Å². The summed E-state index contributed by atoms with van der Waals surface area (Å²) in [7, 11) is 2.03. The molecule has 0 radical (unpaired) electrons. The summed E-state index contributed by atoms with van der Waals surface area (Å²) < 4.78 is 5.57. The van der Waals surface area contributed by atoms with Crippen LogP contribution in [0.3, 0.4) is 0 Å². The highest BCUT2D eigenvalue weighted by Gasteiger charge is 2.25. The Morgan fingerprint density at radius 3 is 2.67 bits per heavy atom. The summed E-state index contributed by atoms with van der Waals surface area (Å²) in [5.74, 6) is 0.193. The Labute approximate surface area is 109 Å². The van der Waals surface area contributed by atoms with Crippen LogP contribution in [-0.2, 0) is 16.0 Å². The number of hydrogen-bond acceptors (Lipinski definition) is 3. The quantitative estimate of drug-likeness (QED) is 0.815. The molecule has 1 atom stereocenters. The lowest BCUT2D eigenvalue weighted by Crippen LogP contribution is -2.44. The Hall–Kier alpha value is -1.19. The zero-order chi connectivity index (χ0) is 13.1. The molecule has 0 amide bonds. The lowest BCUT2D eigenvalue weighted by atomic mass is 9.96. The number of ketones is 1. The Kier molecular flexibility index (Phi) is 4.15. The highest BCUT2D eigenvalue weighted by atomic mass is 16.5. The van der Waals surface area contributed by atoms with Crippen molar-refractivity contribution in [2.45, 2.75) is 26.4 Å². The molecule has 98 valence electrons. The molecular formula is C15H21NO2. The number of Topliss-reactive ketones (excluding diaryl/α,β-unsaturated/α-hetero) is 1. The van der Waals surface area contributed by atoms with Gasteiger partial charge >= 0.3 is 0 Å². The van der Waals surface area contributed by atoms with E-state index in [2.05, 4.69) is 30.9 Å². The van der Waals surface area contributed by atoms with Gasteiger partial charge in [0.05, 0.1) is 6.61 Å². The first-order valence-corrected chi connectivity index (χ1v) is 6.46. The van der Waals surface area contributed by atoms with Gasteiger partial charge in [-0.25, -0.2) is 0 Å². The van der Waals surface area contributed by atoms with Crippen LogP contribution in [0.25, 0.3) is 0 Å². The van der Waals surface area contributed by atoms with Gasteiger partial charge in [0.25, 0.3) is 0 Å². The SMILES string of the molecule is Cc1cccc(C)c1CC(=O)C1CN(C)CCO1. The Balaban J connectivity index is 2.07. The van der Waals surface area contributed by atoms with E-state index in [9.17, 15) is 4.79 Å². The van der Waals surface area contributed by atoms with Gasteiger partial charge in [-0.1, -0.05) is 18.2 Å². The first-order chi connectivity index (χ1) is 8.58. The van der Waals surface area contributed by atoms with Gasteiger partial charge < -0.3 is 9.64 Å². The molecule has 1 fully saturated rings. The number of carbonyl (C=O) groups excluding carboxylic acids is 1. The minimum atomic E-state index is -0.261. The molecule has 0 aromatic heterocycles. The monoisotopic (exact) mass is 247 g/mol. The van der Waals surface area contributed by atoms with E-state index in [0.717, 1.165) is 12.1 Å². The maximum atomic E-state index is 12.3. The molecule has 0 bridgehead atoms. The molecule has 0 saturated carbocycles. The summed E-state index contributed by atoms with van der Waals surface area (Å²) in [5, 5.41) is 0. The van der Waals surface area contributed by atoms with Crippen LogP contribution in [0, 0.1) is 13.8 Å². The third-order valence-electron chi connectivity index (χ3n) is 3.62. The van der Waals surface area contributed by atoms with Crippen LogP contribution < -0.4 is 0 Å². The first-order valence-electron chi connectivity index (χ1n) is 6.46. The third-order valence-corrected chi connectivity index (χ3v) is 3.62. The van der Waals surface area contributed by atoms with E-state index >= 15 is 0 Å². The van der Waals surface area contributed by atoms with E-state index in [1.54, 1.807) is 0 Å². The number of rotatable bonds is 3. The van der Waals surface area contributed by atoms with Gasteiger partial charge in [-0.2, -0.15) is 0 Å². The fourth-order valence-electron chi connectivity index (χ4n) is 2.39. The van der Waals surface area contributed by atoms with Crippen LogP contribution in [-0.4, -0.2) is 43.5 Å². The molecule has 18 heavy (non-hydrogen) atoms. The van der Waals surface area contributed by atoms with Gasteiger partial charge in [-0.3, -0.25) is 4.79 Å². The van der Waals surface area contributed by atoms with Crippen LogP contribution in [0.15, 0.2) is 18.2 Å². The highest BCUT2D eigenvalue weighted by molar-refractivity contribution is 5.86. The van der Waals surface area contributed by atoms with Crippen LogP contribution >= 0.6 is 0 Å². The molecule has 3 nitrogen and oxygen atoms in total. The Morgan fingerprint density at radius 2 is 2.06 bits per heavy atom. The van der Waals surface area contributed by atoms with E-state index in [4.69, 9.17) is 4.74 Å². The molecule has 1 aliphatic heterocycles. The minimum Gasteiger partial charge on any atom is -0.368 e. The second-order valence-electron chi connectivity index (χ2n) is 5.14. The standard InChI is InChI=1S/C15H21NO2/c1-11-5-4-6-12(2)13(11)9-14(17)15-10-16(3)7-8-18-15/h4-6,15H,7-10H2,1-3H3. The van der Waals surface area contributed by atoms with E-state index in [1.165, 1.54) is 11.1 Å². The topological polar surface area (TPSA) is 29.5 Å². The van der Waals surface area contributed by atoms with Crippen molar-refractivity contribution in [3.63, 3.8) is 0 Å². The third kappa shape index (κ3) is 2.98. The number of carbonyl (C=O) groups is 1.